The van der Waals surface area contributed by atoms with Gasteiger partial charge in [0.15, 0.2) is 0 Å². The summed E-state index contributed by atoms with van der Waals surface area (Å²) in [5.41, 5.74) is 0.485. The van der Waals surface area contributed by atoms with Crippen LogP contribution >= 0.6 is 43.2 Å². The number of nitrogens with one attached hydrogen (secondary N) is 1. The smallest absolute Gasteiger partial charge is 0.0843 e. The van der Waals surface area contributed by atoms with Crippen molar-refractivity contribution < 1.29 is 0 Å². The summed E-state index contributed by atoms with van der Waals surface area (Å²) in [6.45, 7) is 2.36. The largest absolute Gasteiger partial charge is 0.312 e. The second kappa shape index (κ2) is 3.89. The summed E-state index contributed by atoms with van der Waals surface area (Å²) in [7, 11) is 2.05. The maximum absolute atomic E-state index is 3.54. The van der Waals surface area contributed by atoms with E-state index in [4.69, 9.17) is 0 Å². The van der Waals surface area contributed by atoms with Crippen LogP contribution in [0.4, 0.5) is 0 Å². The summed E-state index contributed by atoms with van der Waals surface area (Å²) in [4.78, 5) is 1.42. The average Bonchev–Trinajstić information content (AvgIpc) is 2.76. The van der Waals surface area contributed by atoms with Crippen molar-refractivity contribution in [2.75, 3.05) is 7.05 Å². The molecule has 0 spiro atoms. The van der Waals surface area contributed by atoms with Crippen LogP contribution in [0.1, 0.15) is 30.7 Å². The second-order valence-electron chi connectivity index (χ2n) is 4.15. The first kappa shape index (κ1) is 11.1. The van der Waals surface area contributed by atoms with Crippen LogP contribution in [0.2, 0.25) is 0 Å². The second-order valence-corrected chi connectivity index (χ2v) is 7.40. The van der Waals surface area contributed by atoms with Crippen molar-refractivity contribution >= 4 is 43.2 Å². The SMILES string of the molecule is CNC(c1cc(Br)c(Br)s1)C1(C)CC1. The van der Waals surface area contributed by atoms with Crippen LogP contribution in [0, 0.1) is 5.41 Å². The normalized spacial score (nSPS) is 20.9. The van der Waals surface area contributed by atoms with Gasteiger partial charge in [0.2, 0.25) is 0 Å². The van der Waals surface area contributed by atoms with Crippen molar-refractivity contribution in [1.29, 1.82) is 0 Å². The number of thiophene rings is 1. The Labute approximate surface area is 106 Å². The molecular weight excluding hydrogens is 326 g/mol. The Morgan fingerprint density at radius 1 is 1.50 bits per heavy atom. The fourth-order valence-electron chi connectivity index (χ4n) is 1.83. The summed E-state index contributed by atoms with van der Waals surface area (Å²) in [5, 5.41) is 3.43. The molecule has 1 aliphatic carbocycles. The van der Waals surface area contributed by atoms with E-state index in [1.165, 1.54) is 26.0 Å². The molecule has 1 aromatic heterocycles. The summed E-state index contributed by atoms with van der Waals surface area (Å²) in [5.74, 6) is 0. The van der Waals surface area contributed by atoms with E-state index < -0.39 is 0 Å². The number of halogens is 2. The lowest BCUT2D eigenvalue weighted by molar-refractivity contribution is 0.396. The van der Waals surface area contributed by atoms with Crippen molar-refractivity contribution in [1.82, 2.24) is 5.32 Å². The van der Waals surface area contributed by atoms with Crippen LogP contribution < -0.4 is 5.32 Å². The predicted octanol–water partition coefficient (Wildman–Crippen LogP) is 4.33. The summed E-state index contributed by atoms with van der Waals surface area (Å²) < 4.78 is 2.36. The maximum Gasteiger partial charge on any atom is 0.0843 e. The first-order valence-corrected chi connectivity index (χ1v) is 7.09. The van der Waals surface area contributed by atoms with Gasteiger partial charge >= 0.3 is 0 Å². The van der Waals surface area contributed by atoms with E-state index in [1.807, 2.05) is 11.3 Å². The van der Waals surface area contributed by atoms with Gasteiger partial charge in [0.25, 0.3) is 0 Å². The zero-order chi connectivity index (χ0) is 10.3. The molecule has 1 aromatic rings. The van der Waals surface area contributed by atoms with Crippen LogP contribution in [0.25, 0.3) is 0 Å². The first-order valence-electron chi connectivity index (χ1n) is 4.69. The lowest BCUT2D eigenvalue weighted by atomic mass is 9.98. The van der Waals surface area contributed by atoms with E-state index >= 15 is 0 Å². The van der Waals surface area contributed by atoms with Gasteiger partial charge in [-0.05, 0) is 63.2 Å². The average molecular weight is 339 g/mol. The molecule has 1 saturated carbocycles. The molecular formula is C10H13Br2NS. The van der Waals surface area contributed by atoms with Gasteiger partial charge < -0.3 is 5.32 Å². The monoisotopic (exact) mass is 337 g/mol. The zero-order valence-corrected chi connectivity index (χ0v) is 12.2. The van der Waals surface area contributed by atoms with Gasteiger partial charge in [0.1, 0.15) is 0 Å². The molecule has 14 heavy (non-hydrogen) atoms. The Balaban J connectivity index is 2.27. The topological polar surface area (TPSA) is 12.0 Å². The highest BCUT2D eigenvalue weighted by molar-refractivity contribution is 9.13. The molecule has 0 aromatic carbocycles. The van der Waals surface area contributed by atoms with Crippen LogP contribution in [0.3, 0.4) is 0 Å². The Bertz CT molecular complexity index is 324. The van der Waals surface area contributed by atoms with E-state index in [0.717, 1.165) is 0 Å². The van der Waals surface area contributed by atoms with E-state index in [2.05, 4.69) is 57.2 Å². The zero-order valence-electron chi connectivity index (χ0n) is 8.23. The summed E-state index contributed by atoms with van der Waals surface area (Å²) in [6, 6.07) is 2.73. The molecule has 1 heterocycles. The van der Waals surface area contributed by atoms with Gasteiger partial charge in [-0.25, -0.2) is 0 Å². The van der Waals surface area contributed by atoms with Gasteiger partial charge in [0, 0.05) is 15.4 Å². The van der Waals surface area contributed by atoms with Crippen LogP contribution in [0.5, 0.6) is 0 Å². The highest BCUT2D eigenvalue weighted by Crippen LogP contribution is 2.56. The van der Waals surface area contributed by atoms with Gasteiger partial charge in [0.05, 0.1) is 3.79 Å². The molecule has 0 aliphatic heterocycles. The predicted molar refractivity (Wildman–Crippen MR) is 68.9 cm³/mol. The minimum absolute atomic E-state index is 0.485. The Morgan fingerprint density at radius 3 is 2.50 bits per heavy atom. The van der Waals surface area contributed by atoms with Gasteiger partial charge in [-0.2, -0.15) is 0 Å². The highest BCUT2D eigenvalue weighted by atomic mass is 79.9. The molecule has 1 unspecified atom stereocenters. The minimum Gasteiger partial charge on any atom is -0.312 e. The van der Waals surface area contributed by atoms with Crippen molar-refractivity contribution in [3.63, 3.8) is 0 Å². The lowest BCUT2D eigenvalue weighted by Gasteiger charge is -2.21. The van der Waals surface area contributed by atoms with E-state index in [-0.39, 0.29) is 0 Å². The number of rotatable bonds is 3. The number of hydrogen-bond donors (Lipinski definition) is 1. The Hall–Kier alpha value is 0.620. The third-order valence-corrected chi connectivity index (χ3v) is 6.29. The first-order chi connectivity index (χ1) is 6.57. The van der Waals surface area contributed by atoms with Crippen molar-refractivity contribution in [2.24, 2.45) is 5.41 Å². The molecule has 78 valence electrons. The van der Waals surface area contributed by atoms with Crippen LogP contribution in [-0.4, -0.2) is 7.05 Å². The molecule has 4 heteroatoms. The molecule has 2 rings (SSSR count). The maximum atomic E-state index is 3.54. The fraction of sp³-hybridized carbons (Fsp3) is 0.600. The van der Waals surface area contributed by atoms with Crippen LogP contribution in [-0.2, 0) is 0 Å². The Morgan fingerprint density at radius 2 is 2.14 bits per heavy atom. The van der Waals surface area contributed by atoms with Crippen LogP contribution in [0.15, 0.2) is 14.3 Å². The molecule has 1 atom stereocenters. The fourth-order valence-corrected chi connectivity index (χ4v) is 4.20. The van der Waals surface area contributed by atoms with Crippen molar-refractivity contribution in [3.05, 3.63) is 19.2 Å². The molecule has 0 saturated heterocycles. The van der Waals surface area contributed by atoms with Gasteiger partial charge in [-0.1, -0.05) is 6.92 Å². The molecule has 1 aliphatic rings. The standard InChI is InChI=1S/C10H13Br2NS/c1-10(3-4-10)8(13-2)7-5-6(11)9(12)14-7/h5,8,13H,3-4H2,1-2H3. The molecule has 1 fully saturated rings. The molecule has 0 radical (unpaired) electrons. The molecule has 1 N–H and O–H groups in total. The van der Waals surface area contributed by atoms with Gasteiger partial charge in [-0.15, -0.1) is 11.3 Å². The highest BCUT2D eigenvalue weighted by Gasteiger charge is 2.45. The Kier molecular flexibility index (Phi) is 3.09. The van der Waals surface area contributed by atoms with Gasteiger partial charge in [-0.3, -0.25) is 0 Å². The lowest BCUT2D eigenvalue weighted by Crippen LogP contribution is -2.23. The molecule has 0 amide bonds. The van der Waals surface area contributed by atoms with E-state index in [1.54, 1.807) is 0 Å². The minimum atomic E-state index is 0.485. The van der Waals surface area contributed by atoms with E-state index in [9.17, 15) is 0 Å². The number of hydrogen-bond acceptors (Lipinski definition) is 2. The summed E-state index contributed by atoms with van der Waals surface area (Å²) >= 11 is 8.90. The van der Waals surface area contributed by atoms with Crippen molar-refractivity contribution in [2.45, 2.75) is 25.8 Å². The molecule has 0 bridgehead atoms. The summed E-state index contributed by atoms with van der Waals surface area (Å²) in [6.07, 6.45) is 2.68. The quantitative estimate of drug-likeness (QED) is 0.864. The molecule has 1 nitrogen and oxygen atoms in total. The third kappa shape index (κ3) is 1.94. The van der Waals surface area contributed by atoms with Crippen molar-refractivity contribution in [3.8, 4) is 0 Å². The van der Waals surface area contributed by atoms with E-state index in [0.29, 0.717) is 11.5 Å². The third-order valence-electron chi connectivity index (χ3n) is 2.97.